The second-order valence-electron chi connectivity index (χ2n) is 10.1. The summed E-state index contributed by atoms with van der Waals surface area (Å²) in [6, 6.07) is 16.6. The largest absolute Gasteiger partial charge is 1.00 e. The summed E-state index contributed by atoms with van der Waals surface area (Å²) in [6.45, 7) is 1.79. The van der Waals surface area contributed by atoms with E-state index in [1.54, 1.807) is 0 Å². The van der Waals surface area contributed by atoms with Crippen LogP contribution >= 0.6 is 0 Å². The zero-order valence-electron chi connectivity index (χ0n) is 25.3. The molecule has 0 bridgehead atoms. The van der Waals surface area contributed by atoms with Gasteiger partial charge in [0.25, 0.3) is 0 Å². The number of benzene rings is 2. The minimum atomic E-state index is 0. The zero-order valence-corrected chi connectivity index (χ0v) is 27.0. The Labute approximate surface area is 248 Å². The number of rotatable bonds is 6. The zero-order chi connectivity index (χ0) is 27.4. The van der Waals surface area contributed by atoms with E-state index in [4.69, 9.17) is 9.98 Å². The summed E-state index contributed by atoms with van der Waals surface area (Å²) in [6.07, 6.45) is 0. The molecule has 0 fully saturated rings. The summed E-state index contributed by atoms with van der Waals surface area (Å²) >= 11 is 0. The molecule has 0 aliphatic heterocycles. The van der Waals surface area contributed by atoms with Crippen LogP contribution in [0.1, 0.15) is 11.1 Å². The van der Waals surface area contributed by atoms with Crippen LogP contribution in [0.4, 0.5) is 11.4 Å². The van der Waals surface area contributed by atoms with Crippen molar-refractivity contribution in [2.75, 3.05) is 84.6 Å². The van der Waals surface area contributed by atoms with E-state index in [1.165, 1.54) is 11.1 Å². The molecule has 38 heavy (non-hydrogen) atoms. The maximum Gasteiger partial charge on any atom is 1.00 e. The number of halogens is 1. The maximum atomic E-state index is 4.75. The molecule has 0 saturated carbocycles. The molecule has 0 aromatic heterocycles. The Balaban J connectivity index is 0. The fraction of sp³-hybridized carbons (Fsp3) is 0.500. The fourth-order valence-corrected chi connectivity index (χ4v) is 3.60. The molecule has 2 aromatic rings. The average Bonchev–Trinajstić information content (AvgIpc) is 2.76. The van der Waals surface area contributed by atoms with Crippen LogP contribution in [-0.2, 0) is 30.2 Å². The van der Waals surface area contributed by atoms with Crippen molar-refractivity contribution in [2.45, 2.75) is 13.1 Å². The van der Waals surface area contributed by atoms with E-state index in [-0.39, 0.29) is 29.5 Å². The molecule has 0 unspecified atom stereocenters. The topological polar surface area (TPSA) is 44.2 Å². The second-order valence-corrected chi connectivity index (χ2v) is 10.1. The third kappa shape index (κ3) is 13.5. The molecule has 0 N–H and O–H groups in total. The first kappa shape index (κ1) is 37.9. The van der Waals surface area contributed by atoms with Gasteiger partial charge in [-0.05, 0) is 51.5 Å². The molecule has 8 nitrogen and oxygen atoms in total. The molecule has 0 amide bonds. The van der Waals surface area contributed by atoms with Crippen LogP contribution in [0, 0.1) is 0 Å². The Morgan fingerprint density at radius 2 is 0.763 bits per heavy atom. The first-order valence-corrected chi connectivity index (χ1v) is 12.1. The minimum Gasteiger partial charge on any atom is -1.00 e. The molecule has 0 saturated heterocycles. The van der Waals surface area contributed by atoms with Gasteiger partial charge in [0, 0.05) is 69.5 Å². The van der Waals surface area contributed by atoms with Crippen LogP contribution < -0.4 is 12.4 Å². The van der Waals surface area contributed by atoms with Gasteiger partial charge in [-0.25, -0.2) is 9.98 Å². The standard InChI is InChI=1S/2C14H24N4.ClH.Cu/c2*1-16(2)11-12-9-7-8-10-13(12)15-14(17(3)4)18(5)6;;/h2*7-10H,11H2,1-6H3;1H;/q;;;+1/p-1. The van der Waals surface area contributed by atoms with Crippen molar-refractivity contribution in [2.24, 2.45) is 9.98 Å². The Bertz CT molecular complexity index is 889. The SMILES string of the molecule is CN(C)Cc1ccccc1N=C(N(C)C)N(C)C.CN(C)Cc1ccccc1N=C(N(C)C)N(C)C.[Cl-].[Cu+]. The first-order chi connectivity index (χ1) is 16.8. The van der Waals surface area contributed by atoms with E-state index in [0.29, 0.717) is 0 Å². The van der Waals surface area contributed by atoms with Gasteiger partial charge >= 0.3 is 17.1 Å². The summed E-state index contributed by atoms with van der Waals surface area (Å²) in [5.41, 5.74) is 4.54. The van der Waals surface area contributed by atoms with E-state index in [1.807, 2.05) is 88.1 Å². The summed E-state index contributed by atoms with van der Waals surface area (Å²) in [4.78, 5) is 21.9. The van der Waals surface area contributed by atoms with Gasteiger partial charge in [-0.1, -0.05) is 36.4 Å². The fourth-order valence-electron chi connectivity index (χ4n) is 3.60. The quantitative estimate of drug-likeness (QED) is 0.279. The summed E-state index contributed by atoms with van der Waals surface area (Å²) < 4.78 is 0. The second kappa shape index (κ2) is 18.9. The number of nitrogens with zero attached hydrogens (tertiary/aromatic N) is 8. The third-order valence-electron chi connectivity index (χ3n) is 5.00. The van der Waals surface area contributed by atoms with Crippen molar-refractivity contribution in [1.82, 2.24) is 29.4 Å². The summed E-state index contributed by atoms with van der Waals surface area (Å²) in [5.74, 6) is 1.89. The molecular formula is C28H48ClCuN8. The summed E-state index contributed by atoms with van der Waals surface area (Å²) in [7, 11) is 24.3. The van der Waals surface area contributed by atoms with Crippen LogP contribution in [0.5, 0.6) is 0 Å². The van der Waals surface area contributed by atoms with E-state index in [0.717, 1.165) is 36.4 Å². The number of guanidine groups is 2. The predicted molar refractivity (Wildman–Crippen MR) is 157 cm³/mol. The normalized spacial score (nSPS) is 9.84. The van der Waals surface area contributed by atoms with Gasteiger partial charge in [-0.2, -0.15) is 0 Å². The molecule has 0 aliphatic carbocycles. The van der Waals surface area contributed by atoms with Crippen LogP contribution in [0.15, 0.2) is 58.5 Å². The molecule has 218 valence electrons. The molecule has 0 atom stereocenters. The first-order valence-electron chi connectivity index (χ1n) is 12.1. The molecule has 0 radical (unpaired) electrons. The molecule has 0 heterocycles. The van der Waals surface area contributed by atoms with Crippen LogP contribution in [0.2, 0.25) is 0 Å². The Kier molecular flexibility index (Phi) is 18.8. The number of aliphatic imine (C=N–C) groups is 2. The number of hydrogen-bond acceptors (Lipinski definition) is 4. The van der Waals surface area contributed by atoms with Gasteiger partial charge in [0.05, 0.1) is 11.4 Å². The third-order valence-corrected chi connectivity index (χ3v) is 5.00. The average molecular weight is 596 g/mol. The van der Waals surface area contributed by atoms with E-state index >= 15 is 0 Å². The van der Waals surface area contributed by atoms with Crippen molar-refractivity contribution in [3.8, 4) is 0 Å². The monoisotopic (exact) mass is 594 g/mol. The molecule has 0 aliphatic rings. The van der Waals surface area contributed by atoms with Crippen molar-refractivity contribution in [3.05, 3.63) is 59.7 Å². The Morgan fingerprint density at radius 1 is 0.500 bits per heavy atom. The van der Waals surface area contributed by atoms with E-state index < -0.39 is 0 Å². The van der Waals surface area contributed by atoms with Gasteiger partial charge in [-0.3, -0.25) is 0 Å². The van der Waals surface area contributed by atoms with Crippen molar-refractivity contribution < 1.29 is 29.5 Å². The van der Waals surface area contributed by atoms with Gasteiger partial charge in [0.15, 0.2) is 0 Å². The number of para-hydroxylation sites is 2. The Hall–Kier alpha value is -2.29. The molecule has 10 heteroatoms. The molecule has 2 rings (SSSR count). The van der Waals surface area contributed by atoms with Gasteiger partial charge < -0.3 is 41.8 Å². The number of hydrogen-bond donors (Lipinski definition) is 0. The molecular weight excluding hydrogens is 547 g/mol. The Morgan fingerprint density at radius 3 is 1.00 bits per heavy atom. The van der Waals surface area contributed by atoms with E-state index in [2.05, 4.69) is 74.4 Å². The molecule has 2 aromatic carbocycles. The van der Waals surface area contributed by atoms with Crippen LogP contribution in [0.25, 0.3) is 0 Å². The van der Waals surface area contributed by atoms with Crippen molar-refractivity contribution >= 4 is 23.3 Å². The van der Waals surface area contributed by atoms with Gasteiger partial charge in [0.1, 0.15) is 0 Å². The summed E-state index contributed by atoms with van der Waals surface area (Å²) in [5, 5.41) is 0. The molecule has 0 spiro atoms. The predicted octanol–water partition coefficient (Wildman–Crippen LogP) is 0.719. The minimum absolute atomic E-state index is 0. The van der Waals surface area contributed by atoms with E-state index in [9.17, 15) is 0 Å². The van der Waals surface area contributed by atoms with Gasteiger partial charge in [0.2, 0.25) is 11.9 Å². The van der Waals surface area contributed by atoms with Crippen molar-refractivity contribution in [1.29, 1.82) is 0 Å². The maximum absolute atomic E-state index is 4.75. The van der Waals surface area contributed by atoms with Crippen molar-refractivity contribution in [3.63, 3.8) is 0 Å². The van der Waals surface area contributed by atoms with Gasteiger partial charge in [-0.15, -0.1) is 0 Å². The van der Waals surface area contributed by atoms with Crippen LogP contribution in [-0.4, -0.2) is 126 Å². The van der Waals surface area contributed by atoms with Crippen LogP contribution in [0.3, 0.4) is 0 Å². The smallest absolute Gasteiger partial charge is 1.00 e.